The number of aromatic nitrogens is 3. The van der Waals surface area contributed by atoms with E-state index in [1.807, 2.05) is 18.2 Å². The molecule has 1 aromatic heterocycles. The Morgan fingerprint density at radius 3 is 2.50 bits per heavy atom. The molecule has 0 radical (unpaired) electrons. The number of nitrogen functional groups attached to an aromatic ring is 1. The lowest BCUT2D eigenvalue weighted by molar-refractivity contribution is -0.0505. The highest BCUT2D eigenvalue weighted by Gasteiger charge is 2.17. The number of alkyl halides is 2. The van der Waals surface area contributed by atoms with E-state index in [1.165, 1.54) is 24.3 Å². The zero-order chi connectivity index (χ0) is 19.9. The van der Waals surface area contributed by atoms with Crippen molar-refractivity contribution in [3.8, 4) is 5.75 Å². The predicted octanol–water partition coefficient (Wildman–Crippen LogP) is 3.16. The van der Waals surface area contributed by atoms with Crippen molar-refractivity contribution in [3.63, 3.8) is 0 Å². The Balaban J connectivity index is 1.70. The summed E-state index contributed by atoms with van der Waals surface area (Å²) < 4.78 is 34.3. The van der Waals surface area contributed by atoms with Crippen LogP contribution in [0.1, 0.15) is 16.2 Å². The van der Waals surface area contributed by atoms with Gasteiger partial charge in [0.15, 0.2) is 12.4 Å². The molecule has 0 aliphatic carbocycles. The molecule has 0 saturated heterocycles. The van der Waals surface area contributed by atoms with Crippen LogP contribution in [0.15, 0.2) is 54.6 Å². The van der Waals surface area contributed by atoms with Gasteiger partial charge in [0.25, 0.3) is 0 Å². The summed E-state index contributed by atoms with van der Waals surface area (Å²) in [5.41, 5.74) is 6.25. The first kappa shape index (κ1) is 19.0. The second-order valence-electron chi connectivity index (χ2n) is 5.38. The van der Waals surface area contributed by atoms with Crippen molar-refractivity contribution in [2.75, 3.05) is 11.1 Å². The number of hydrogen-bond acceptors (Lipinski definition) is 8. The molecule has 1 heterocycles. The number of nitrogens with zero attached hydrogens (tertiary/aromatic N) is 3. The summed E-state index contributed by atoms with van der Waals surface area (Å²) in [5, 5.41) is 2.95. The van der Waals surface area contributed by atoms with E-state index in [4.69, 9.17) is 10.5 Å². The molecule has 0 saturated carbocycles. The van der Waals surface area contributed by atoms with Gasteiger partial charge < -0.3 is 20.5 Å². The quantitative estimate of drug-likeness (QED) is 0.595. The number of hydrogen-bond donors (Lipinski definition) is 2. The van der Waals surface area contributed by atoms with Crippen LogP contribution in [0.25, 0.3) is 0 Å². The molecule has 3 aromatic rings. The van der Waals surface area contributed by atoms with Crippen LogP contribution < -0.4 is 15.8 Å². The number of benzene rings is 2. The second-order valence-corrected chi connectivity index (χ2v) is 5.38. The van der Waals surface area contributed by atoms with E-state index in [0.717, 1.165) is 5.69 Å². The number of carbonyl (C=O) groups excluding carboxylic acids is 1. The molecular formula is C18H15F2N5O3. The molecule has 10 heteroatoms. The van der Waals surface area contributed by atoms with Crippen LogP contribution in [0.5, 0.6) is 5.75 Å². The fourth-order valence-corrected chi connectivity index (χ4v) is 2.25. The SMILES string of the molecule is Nc1nc(COC(=O)c2ccccc2OC(F)F)nc(Nc2ccccc2)n1. The summed E-state index contributed by atoms with van der Waals surface area (Å²) in [6, 6.07) is 14.6. The maximum absolute atomic E-state index is 12.5. The average molecular weight is 387 g/mol. The van der Waals surface area contributed by atoms with Gasteiger partial charge in [-0.1, -0.05) is 30.3 Å². The van der Waals surface area contributed by atoms with Crippen molar-refractivity contribution in [3.05, 3.63) is 66.0 Å². The molecule has 28 heavy (non-hydrogen) atoms. The van der Waals surface area contributed by atoms with E-state index in [2.05, 4.69) is 25.0 Å². The summed E-state index contributed by atoms with van der Waals surface area (Å²) in [7, 11) is 0. The minimum absolute atomic E-state index is 0.0686. The van der Waals surface area contributed by atoms with Gasteiger partial charge in [-0.05, 0) is 24.3 Å². The molecule has 0 atom stereocenters. The molecule has 144 valence electrons. The largest absolute Gasteiger partial charge is 0.454 e. The van der Waals surface area contributed by atoms with Crippen molar-refractivity contribution < 1.29 is 23.0 Å². The number of esters is 1. The van der Waals surface area contributed by atoms with Gasteiger partial charge in [-0.3, -0.25) is 0 Å². The number of anilines is 3. The Labute approximate surface area is 158 Å². The predicted molar refractivity (Wildman–Crippen MR) is 96.2 cm³/mol. The van der Waals surface area contributed by atoms with E-state index in [-0.39, 0.29) is 35.6 Å². The third kappa shape index (κ3) is 5.10. The van der Waals surface area contributed by atoms with Crippen LogP contribution in [-0.4, -0.2) is 27.5 Å². The van der Waals surface area contributed by atoms with E-state index in [9.17, 15) is 13.6 Å². The second kappa shape index (κ2) is 8.71. The van der Waals surface area contributed by atoms with E-state index in [0.29, 0.717) is 0 Å². The van der Waals surface area contributed by atoms with Crippen molar-refractivity contribution in [2.24, 2.45) is 0 Å². The molecule has 0 bridgehead atoms. The molecule has 8 nitrogen and oxygen atoms in total. The molecule has 3 N–H and O–H groups in total. The highest BCUT2D eigenvalue weighted by atomic mass is 19.3. The van der Waals surface area contributed by atoms with Crippen LogP contribution in [-0.2, 0) is 11.3 Å². The maximum Gasteiger partial charge on any atom is 0.387 e. The number of halogens is 2. The highest BCUT2D eigenvalue weighted by Crippen LogP contribution is 2.21. The van der Waals surface area contributed by atoms with Crippen LogP contribution in [0.3, 0.4) is 0 Å². The Hall–Kier alpha value is -3.82. The molecule has 0 aliphatic rings. The normalized spacial score (nSPS) is 10.5. The summed E-state index contributed by atoms with van der Waals surface area (Å²) in [6.45, 7) is -3.40. The minimum atomic E-state index is -3.07. The van der Waals surface area contributed by atoms with Crippen LogP contribution in [0.4, 0.5) is 26.4 Å². The Morgan fingerprint density at radius 2 is 1.75 bits per heavy atom. The van der Waals surface area contributed by atoms with Gasteiger partial charge in [0.05, 0.1) is 0 Å². The Kier molecular flexibility index (Phi) is 5.90. The van der Waals surface area contributed by atoms with Crippen molar-refractivity contribution in [1.82, 2.24) is 15.0 Å². The topological polar surface area (TPSA) is 112 Å². The first-order valence-corrected chi connectivity index (χ1v) is 8.05. The zero-order valence-electron chi connectivity index (χ0n) is 14.4. The summed E-state index contributed by atoms with van der Waals surface area (Å²) >= 11 is 0. The standard InChI is InChI=1S/C18H15F2N5O3/c19-16(20)28-13-9-5-4-8-12(13)15(26)27-10-14-23-17(21)25-18(24-14)22-11-6-2-1-3-7-11/h1-9,16H,10H2,(H3,21,22,23,24,25). The smallest absolute Gasteiger partial charge is 0.387 e. The van der Waals surface area contributed by atoms with Gasteiger partial charge in [0, 0.05) is 5.69 Å². The van der Waals surface area contributed by atoms with Gasteiger partial charge in [-0.25, -0.2) is 4.79 Å². The third-order valence-electron chi connectivity index (χ3n) is 3.38. The highest BCUT2D eigenvalue weighted by molar-refractivity contribution is 5.92. The first-order chi connectivity index (χ1) is 13.5. The lowest BCUT2D eigenvalue weighted by Crippen LogP contribution is -2.13. The number of ether oxygens (including phenoxy) is 2. The fourth-order valence-electron chi connectivity index (χ4n) is 2.25. The first-order valence-electron chi connectivity index (χ1n) is 8.05. The van der Waals surface area contributed by atoms with Crippen LogP contribution in [0.2, 0.25) is 0 Å². The van der Waals surface area contributed by atoms with Gasteiger partial charge >= 0.3 is 12.6 Å². The van der Waals surface area contributed by atoms with E-state index < -0.39 is 12.6 Å². The van der Waals surface area contributed by atoms with Gasteiger partial charge in [0.1, 0.15) is 11.3 Å². The molecular weight excluding hydrogens is 372 g/mol. The summed E-state index contributed by atoms with van der Waals surface area (Å²) in [5.74, 6) is -0.962. The molecule has 0 amide bonds. The van der Waals surface area contributed by atoms with Crippen molar-refractivity contribution in [1.29, 1.82) is 0 Å². The van der Waals surface area contributed by atoms with Gasteiger partial charge in [-0.15, -0.1) is 0 Å². The number of para-hydroxylation sites is 2. The van der Waals surface area contributed by atoms with E-state index >= 15 is 0 Å². The lowest BCUT2D eigenvalue weighted by Gasteiger charge is -2.10. The lowest BCUT2D eigenvalue weighted by atomic mass is 10.2. The Bertz CT molecular complexity index is 957. The monoisotopic (exact) mass is 387 g/mol. The molecule has 0 fully saturated rings. The number of nitrogens with two attached hydrogens (primary N) is 1. The number of carbonyl (C=O) groups is 1. The maximum atomic E-state index is 12.5. The van der Waals surface area contributed by atoms with Crippen LogP contribution in [0, 0.1) is 0 Å². The summed E-state index contributed by atoms with van der Waals surface area (Å²) in [6.07, 6.45) is 0. The van der Waals surface area contributed by atoms with Gasteiger partial charge in [0.2, 0.25) is 11.9 Å². The molecule has 0 spiro atoms. The fraction of sp³-hybridized carbons (Fsp3) is 0.111. The molecule has 0 aliphatic heterocycles. The minimum Gasteiger partial charge on any atom is -0.454 e. The average Bonchev–Trinajstić information content (AvgIpc) is 2.66. The van der Waals surface area contributed by atoms with Crippen molar-refractivity contribution in [2.45, 2.75) is 13.2 Å². The molecule has 0 unspecified atom stereocenters. The van der Waals surface area contributed by atoms with Gasteiger partial charge in [-0.2, -0.15) is 23.7 Å². The van der Waals surface area contributed by atoms with Crippen molar-refractivity contribution >= 4 is 23.6 Å². The molecule has 3 rings (SSSR count). The number of rotatable bonds is 7. The summed E-state index contributed by atoms with van der Waals surface area (Å²) in [4.78, 5) is 24.2. The molecule has 2 aromatic carbocycles. The van der Waals surface area contributed by atoms with Crippen LogP contribution >= 0.6 is 0 Å². The Morgan fingerprint density at radius 1 is 1.04 bits per heavy atom. The van der Waals surface area contributed by atoms with E-state index in [1.54, 1.807) is 12.1 Å². The zero-order valence-corrected chi connectivity index (χ0v) is 14.4. The third-order valence-corrected chi connectivity index (χ3v) is 3.38. The number of nitrogens with one attached hydrogen (secondary N) is 1.